The first-order chi connectivity index (χ1) is 14.7. The van der Waals surface area contributed by atoms with Crippen LogP contribution in [0.3, 0.4) is 0 Å². The third kappa shape index (κ3) is 3.23. The lowest BCUT2D eigenvalue weighted by Crippen LogP contribution is -2.58. The fraction of sp³-hybridized carbons (Fsp3) is 0.450. The van der Waals surface area contributed by atoms with Gasteiger partial charge in [0.2, 0.25) is 5.91 Å². The van der Waals surface area contributed by atoms with Gasteiger partial charge in [-0.05, 0) is 19.1 Å². The number of piperazine rings is 1. The smallest absolute Gasteiger partial charge is 0.229 e. The maximum Gasteiger partial charge on any atom is 0.229 e. The molecule has 2 aliphatic heterocycles. The molecule has 2 fully saturated rings. The Kier molecular flexibility index (Phi) is 4.90. The number of aromatic nitrogens is 5. The molecule has 0 bridgehead atoms. The maximum absolute atomic E-state index is 13.0. The van der Waals surface area contributed by atoms with Crippen molar-refractivity contribution in [1.29, 1.82) is 0 Å². The summed E-state index contributed by atoms with van der Waals surface area (Å²) < 4.78 is 1.75. The number of halogens is 1. The second-order valence-corrected chi connectivity index (χ2v) is 8.05. The van der Waals surface area contributed by atoms with Crippen LogP contribution in [0.25, 0.3) is 11.2 Å². The van der Waals surface area contributed by atoms with Crippen LogP contribution in [0, 0.1) is 5.92 Å². The van der Waals surface area contributed by atoms with Gasteiger partial charge in [-0.25, -0.2) is 14.6 Å². The molecule has 0 aliphatic carbocycles. The first-order valence-electron chi connectivity index (χ1n) is 10.2. The molecule has 1 amide bonds. The van der Waals surface area contributed by atoms with E-state index in [0.717, 1.165) is 35.3 Å². The number of hydrogen-bond donors (Lipinski definition) is 0. The molecule has 0 atom stereocenters. The molecule has 2 aromatic heterocycles. The van der Waals surface area contributed by atoms with E-state index in [2.05, 4.69) is 30.1 Å². The molecule has 2 aliphatic rings. The highest BCUT2D eigenvalue weighted by atomic mass is 35.5. The van der Waals surface area contributed by atoms with Crippen molar-refractivity contribution in [3.05, 3.63) is 35.6 Å². The Bertz CT molecular complexity index is 1070. The number of amides is 1. The standard InChI is InChI=1S/C20H23ClN8O/c1-2-29-19-17(24-25-29)18(22-13-23-19)28-11-14(12-28)20(30)27-9-7-26(8-10-27)16-6-4-3-5-15(16)21/h3-6,13-14H,2,7-12H2,1H3. The number of nitrogens with zero attached hydrogens (tertiary/aromatic N) is 8. The van der Waals surface area contributed by atoms with Crippen LogP contribution in [0.5, 0.6) is 0 Å². The molecule has 5 rings (SSSR count). The minimum absolute atomic E-state index is 0.0110. The number of anilines is 2. The molecule has 3 aromatic rings. The largest absolute Gasteiger partial charge is 0.367 e. The summed E-state index contributed by atoms with van der Waals surface area (Å²) in [7, 11) is 0. The van der Waals surface area contributed by atoms with Gasteiger partial charge in [0.15, 0.2) is 17.0 Å². The van der Waals surface area contributed by atoms with Crippen LogP contribution >= 0.6 is 11.6 Å². The Labute approximate surface area is 179 Å². The Balaban J connectivity index is 1.20. The van der Waals surface area contributed by atoms with Gasteiger partial charge < -0.3 is 14.7 Å². The van der Waals surface area contributed by atoms with E-state index in [1.54, 1.807) is 4.68 Å². The van der Waals surface area contributed by atoms with Crippen molar-refractivity contribution in [3.8, 4) is 0 Å². The predicted molar refractivity (Wildman–Crippen MR) is 115 cm³/mol. The number of rotatable bonds is 4. The molecule has 0 N–H and O–H groups in total. The lowest BCUT2D eigenvalue weighted by atomic mass is 9.98. The van der Waals surface area contributed by atoms with Gasteiger partial charge >= 0.3 is 0 Å². The highest BCUT2D eigenvalue weighted by Gasteiger charge is 2.38. The van der Waals surface area contributed by atoms with Crippen LogP contribution < -0.4 is 9.80 Å². The molecule has 9 nitrogen and oxygen atoms in total. The Morgan fingerprint density at radius 2 is 1.87 bits per heavy atom. The average Bonchev–Trinajstić information content (AvgIpc) is 3.17. The van der Waals surface area contributed by atoms with E-state index in [1.165, 1.54) is 6.33 Å². The van der Waals surface area contributed by atoms with E-state index < -0.39 is 0 Å². The van der Waals surface area contributed by atoms with E-state index in [1.807, 2.05) is 36.1 Å². The second kappa shape index (κ2) is 7.71. The topological polar surface area (TPSA) is 83.3 Å². The van der Waals surface area contributed by atoms with Crippen molar-refractivity contribution in [2.24, 2.45) is 5.92 Å². The van der Waals surface area contributed by atoms with Crippen molar-refractivity contribution < 1.29 is 4.79 Å². The zero-order valence-electron chi connectivity index (χ0n) is 16.8. The van der Waals surface area contributed by atoms with Gasteiger partial charge in [0.1, 0.15) is 6.33 Å². The van der Waals surface area contributed by atoms with Gasteiger partial charge in [0.25, 0.3) is 0 Å². The zero-order chi connectivity index (χ0) is 20.7. The third-order valence-corrected chi connectivity index (χ3v) is 6.21. The van der Waals surface area contributed by atoms with Crippen molar-refractivity contribution in [2.75, 3.05) is 49.1 Å². The van der Waals surface area contributed by atoms with Gasteiger partial charge in [0, 0.05) is 45.8 Å². The summed E-state index contributed by atoms with van der Waals surface area (Å²) in [5.74, 6) is 0.961. The Hall–Kier alpha value is -2.94. The second-order valence-electron chi connectivity index (χ2n) is 7.64. The lowest BCUT2D eigenvalue weighted by Gasteiger charge is -2.43. The molecular weight excluding hydrogens is 404 g/mol. The summed E-state index contributed by atoms with van der Waals surface area (Å²) in [4.78, 5) is 27.9. The number of para-hydroxylation sites is 1. The van der Waals surface area contributed by atoms with Crippen LogP contribution in [0.4, 0.5) is 11.5 Å². The minimum atomic E-state index is -0.0110. The SMILES string of the molecule is CCn1nnc2c(N3CC(C(=O)N4CCN(c5ccccc5Cl)CC4)C3)ncnc21. The number of aryl methyl sites for hydroxylation is 1. The van der Waals surface area contributed by atoms with Crippen LogP contribution in [-0.2, 0) is 11.3 Å². The van der Waals surface area contributed by atoms with Gasteiger partial charge in [-0.1, -0.05) is 28.9 Å². The summed E-state index contributed by atoms with van der Waals surface area (Å²) >= 11 is 6.32. The molecular formula is C20H23ClN8O. The van der Waals surface area contributed by atoms with Crippen molar-refractivity contribution in [1.82, 2.24) is 29.9 Å². The van der Waals surface area contributed by atoms with Crippen LogP contribution in [0.1, 0.15) is 6.92 Å². The summed E-state index contributed by atoms with van der Waals surface area (Å²) in [5, 5.41) is 9.11. The molecule has 10 heteroatoms. The maximum atomic E-state index is 13.0. The number of benzene rings is 1. The predicted octanol–water partition coefficient (Wildman–Crippen LogP) is 1.68. The van der Waals surface area contributed by atoms with E-state index in [0.29, 0.717) is 38.2 Å². The summed E-state index contributed by atoms with van der Waals surface area (Å²) in [6, 6.07) is 7.86. The number of carbonyl (C=O) groups is 1. The Morgan fingerprint density at radius 1 is 1.10 bits per heavy atom. The quantitative estimate of drug-likeness (QED) is 0.627. The highest BCUT2D eigenvalue weighted by molar-refractivity contribution is 6.33. The van der Waals surface area contributed by atoms with E-state index in [9.17, 15) is 4.79 Å². The third-order valence-electron chi connectivity index (χ3n) is 5.90. The van der Waals surface area contributed by atoms with E-state index in [-0.39, 0.29) is 11.8 Å². The van der Waals surface area contributed by atoms with E-state index in [4.69, 9.17) is 11.6 Å². The van der Waals surface area contributed by atoms with Crippen molar-refractivity contribution >= 4 is 40.2 Å². The van der Waals surface area contributed by atoms with Gasteiger partial charge in [-0.15, -0.1) is 5.10 Å². The molecule has 4 heterocycles. The molecule has 0 unspecified atom stereocenters. The van der Waals surface area contributed by atoms with Gasteiger partial charge in [0.05, 0.1) is 16.6 Å². The molecule has 30 heavy (non-hydrogen) atoms. The van der Waals surface area contributed by atoms with Gasteiger partial charge in [-0.2, -0.15) is 0 Å². The Morgan fingerprint density at radius 3 is 2.60 bits per heavy atom. The van der Waals surface area contributed by atoms with Crippen LogP contribution in [0.2, 0.25) is 5.02 Å². The molecule has 0 radical (unpaired) electrons. The molecule has 156 valence electrons. The number of fused-ring (bicyclic) bond motifs is 1. The van der Waals surface area contributed by atoms with Gasteiger partial charge in [-0.3, -0.25) is 4.79 Å². The molecule has 0 spiro atoms. The van der Waals surface area contributed by atoms with Crippen LogP contribution in [-0.4, -0.2) is 75.0 Å². The van der Waals surface area contributed by atoms with Crippen molar-refractivity contribution in [2.45, 2.75) is 13.5 Å². The van der Waals surface area contributed by atoms with Crippen LogP contribution in [0.15, 0.2) is 30.6 Å². The summed E-state index contributed by atoms with van der Waals surface area (Å²) in [5.41, 5.74) is 2.46. The zero-order valence-corrected chi connectivity index (χ0v) is 17.5. The number of hydrogen-bond acceptors (Lipinski definition) is 7. The first kappa shape index (κ1) is 19.0. The van der Waals surface area contributed by atoms with E-state index >= 15 is 0 Å². The summed E-state index contributed by atoms with van der Waals surface area (Å²) in [6.45, 7) is 7.00. The molecule has 0 saturated carbocycles. The monoisotopic (exact) mass is 426 g/mol. The lowest BCUT2D eigenvalue weighted by molar-refractivity contribution is -0.136. The first-order valence-corrected chi connectivity index (χ1v) is 10.6. The minimum Gasteiger partial charge on any atom is -0.367 e. The highest BCUT2D eigenvalue weighted by Crippen LogP contribution is 2.30. The average molecular weight is 427 g/mol. The fourth-order valence-electron chi connectivity index (χ4n) is 4.17. The fourth-order valence-corrected chi connectivity index (χ4v) is 4.42. The number of carbonyl (C=O) groups excluding carboxylic acids is 1. The molecule has 1 aromatic carbocycles. The molecule has 2 saturated heterocycles. The summed E-state index contributed by atoms with van der Waals surface area (Å²) in [6.07, 6.45) is 1.54. The normalized spacial score (nSPS) is 17.5. The van der Waals surface area contributed by atoms with Crippen molar-refractivity contribution in [3.63, 3.8) is 0 Å².